The molecule has 56 heavy (non-hydrogen) atoms. The van der Waals surface area contributed by atoms with E-state index in [0.29, 0.717) is 11.6 Å². The van der Waals surface area contributed by atoms with Crippen LogP contribution in [0.15, 0.2) is 73.1 Å². The number of benzene rings is 3. The van der Waals surface area contributed by atoms with Gasteiger partial charge in [0, 0.05) is 25.4 Å². The summed E-state index contributed by atoms with van der Waals surface area (Å²) in [6, 6.07) is 18.6. The summed E-state index contributed by atoms with van der Waals surface area (Å²) in [5.74, 6) is 0.510. The zero-order valence-electron chi connectivity index (χ0n) is 33.6. The first-order valence-corrected chi connectivity index (χ1v) is 18.6. The molecular weight excluding hydrogens is 713 g/mol. The summed E-state index contributed by atoms with van der Waals surface area (Å²) in [5.41, 5.74) is 5.69. The van der Waals surface area contributed by atoms with Crippen LogP contribution in [-0.2, 0) is 19.1 Å². The van der Waals surface area contributed by atoms with Gasteiger partial charge in [0.25, 0.3) is 0 Å². The van der Waals surface area contributed by atoms with E-state index in [1.807, 2.05) is 59.7 Å². The van der Waals surface area contributed by atoms with Crippen molar-refractivity contribution in [1.29, 1.82) is 0 Å². The van der Waals surface area contributed by atoms with Crippen LogP contribution in [0, 0.1) is 11.8 Å². The van der Waals surface area contributed by atoms with Crippen molar-refractivity contribution < 1.29 is 34.4 Å². The fourth-order valence-corrected chi connectivity index (χ4v) is 6.41. The van der Waals surface area contributed by atoms with Crippen LogP contribution < -0.4 is 10.6 Å². The van der Waals surface area contributed by atoms with Crippen LogP contribution in [0.25, 0.3) is 44.4 Å². The summed E-state index contributed by atoms with van der Waals surface area (Å²) in [6.07, 6.45) is 2.22. The number of methoxy groups -OCH3 is 2. The van der Waals surface area contributed by atoms with Gasteiger partial charge >= 0.3 is 12.2 Å². The zero-order chi connectivity index (χ0) is 40.8. The molecule has 0 saturated heterocycles. The van der Waals surface area contributed by atoms with Crippen molar-refractivity contribution in [2.45, 2.75) is 65.7 Å². The Balaban J connectivity index is 0.00000450. The molecule has 4 amide bonds. The van der Waals surface area contributed by atoms with Crippen molar-refractivity contribution in [2.24, 2.45) is 11.8 Å². The SMILES string of the molecule is COC(=O)N[C@H](C(=O)N(C)[C@@H](C)c1ncc(-c2ccc(-c3ccc4cc(-c5cnc([C@H](C)N(C)C(=O)[C@@H](NC(=O)OC)C(C)C)[nH]5)ccc4c3)cc2)[nH]1)C(C)C.[HH].[HH].[HH].[HH]. The molecule has 0 spiro atoms. The maximum atomic E-state index is 13.3. The molecule has 0 aliphatic carbocycles. The summed E-state index contributed by atoms with van der Waals surface area (Å²) in [7, 11) is 5.93. The van der Waals surface area contributed by atoms with Gasteiger partial charge in [0.15, 0.2) is 0 Å². The molecule has 5 aromatic rings. The lowest BCUT2D eigenvalue weighted by Gasteiger charge is -2.30. The Kier molecular flexibility index (Phi) is 12.8. The maximum Gasteiger partial charge on any atom is 0.407 e. The first-order chi connectivity index (χ1) is 26.6. The van der Waals surface area contributed by atoms with Gasteiger partial charge in [0.05, 0.1) is 50.1 Å². The van der Waals surface area contributed by atoms with E-state index in [4.69, 9.17) is 9.47 Å². The van der Waals surface area contributed by atoms with Gasteiger partial charge in [-0.15, -0.1) is 0 Å². The monoisotopic (exact) mass is 772 g/mol. The molecule has 0 radical (unpaired) electrons. The fourth-order valence-electron chi connectivity index (χ4n) is 6.41. The van der Waals surface area contributed by atoms with Crippen LogP contribution in [0.4, 0.5) is 9.59 Å². The van der Waals surface area contributed by atoms with Gasteiger partial charge in [-0.25, -0.2) is 19.6 Å². The standard InChI is InChI=1S/C42H52N8O6.4H2/c1-23(2)35(47-41(53)55-9)39(51)49(7)25(5)37-43-21-33(45-37)28-13-11-27(12-14-28)29-15-16-31-20-32(18-17-30(31)19-29)34-22-44-38(46-34)26(6)50(8)40(52)36(24(3)4)48-42(54)56-10;;;;/h11-26,35-36H,1-10H3,(H,43,45)(H,44,46)(H,47,53)(H,48,54);4*1H/t25-,26-,35-,36-;;;;/m0..../s1. The first kappa shape index (κ1) is 41.0. The quantitative estimate of drug-likeness (QED) is 0.0929. The molecule has 4 N–H and O–H groups in total. The van der Waals surface area contributed by atoms with Crippen LogP contribution in [0.2, 0.25) is 0 Å². The normalized spacial score (nSPS) is 13.5. The third-order valence-electron chi connectivity index (χ3n) is 10.3. The number of imidazole rings is 2. The van der Waals surface area contributed by atoms with Crippen LogP contribution in [-0.4, -0.2) is 94.1 Å². The Morgan fingerprint density at radius 3 is 1.39 bits per heavy atom. The molecule has 2 heterocycles. The third-order valence-corrected chi connectivity index (χ3v) is 10.3. The lowest BCUT2D eigenvalue weighted by atomic mass is 9.98. The van der Waals surface area contributed by atoms with Gasteiger partial charge in [0.2, 0.25) is 11.8 Å². The molecule has 0 aliphatic heterocycles. The highest BCUT2D eigenvalue weighted by atomic mass is 16.5. The second kappa shape index (κ2) is 17.5. The molecule has 0 fully saturated rings. The number of fused-ring (bicyclic) bond motifs is 1. The molecule has 5 rings (SSSR count). The van der Waals surface area contributed by atoms with Crippen molar-refractivity contribution in [3.8, 4) is 33.6 Å². The van der Waals surface area contributed by atoms with E-state index in [0.717, 1.165) is 44.4 Å². The van der Waals surface area contributed by atoms with Crippen LogP contribution in [0.5, 0.6) is 0 Å². The van der Waals surface area contributed by atoms with Gasteiger partial charge < -0.3 is 39.9 Å². The van der Waals surface area contributed by atoms with Gasteiger partial charge in [-0.2, -0.15) is 0 Å². The molecule has 4 atom stereocenters. The second-order valence-corrected chi connectivity index (χ2v) is 14.7. The van der Waals surface area contributed by atoms with Gasteiger partial charge in [-0.05, 0) is 65.3 Å². The molecule has 304 valence electrons. The highest BCUT2D eigenvalue weighted by Gasteiger charge is 2.32. The second-order valence-electron chi connectivity index (χ2n) is 14.7. The lowest BCUT2D eigenvalue weighted by Crippen LogP contribution is -2.50. The van der Waals surface area contributed by atoms with E-state index in [9.17, 15) is 19.2 Å². The molecule has 14 heteroatoms. The average molecular weight is 773 g/mol. The molecule has 0 saturated carbocycles. The average Bonchev–Trinajstić information content (AvgIpc) is 3.91. The third kappa shape index (κ3) is 9.02. The molecule has 14 nitrogen and oxygen atoms in total. The highest BCUT2D eigenvalue weighted by molar-refractivity contribution is 5.91. The number of aromatic nitrogens is 4. The number of hydrogen-bond donors (Lipinski definition) is 4. The number of likely N-dealkylation sites (N-methyl/N-ethyl adjacent to an activating group) is 2. The number of amides is 4. The van der Waals surface area contributed by atoms with Crippen LogP contribution >= 0.6 is 0 Å². The molecule has 3 aromatic carbocycles. The summed E-state index contributed by atoms with van der Waals surface area (Å²) >= 11 is 0. The molecule has 0 aliphatic rings. The maximum absolute atomic E-state index is 13.3. The molecular formula is C42H60N8O6. The predicted octanol–water partition coefficient (Wildman–Crippen LogP) is 8.07. The number of rotatable bonds is 13. The topological polar surface area (TPSA) is 175 Å². The molecule has 0 unspecified atom stereocenters. The van der Waals surface area contributed by atoms with Gasteiger partial charge in [0.1, 0.15) is 23.7 Å². The lowest BCUT2D eigenvalue weighted by molar-refractivity contribution is -0.135. The largest absolute Gasteiger partial charge is 0.453 e. The van der Waals surface area contributed by atoms with Crippen molar-refractivity contribution in [2.75, 3.05) is 28.3 Å². The summed E-state index contributed by atoms with van der Waals surface area (Å²) in [5, 5.41) is 7.42. The van der Waals surface area contributed by atoms with Crippen molar-refractivity contribution in [1.82, 2.24) is 40.4 Å². The highest BCUT2D eigenvalue weighted by Crippen LogP contribution is 2.31. The van der Waals surface area contributed by atoms with Gasteiger partial charge in [-0.1, -0.05) is 76.2 Å². The van der Waals surface area contributed by atoms with E-state index < -0.39 is 24.3 Å². The minimum absolute atomic E-state index is 0. The molecule has 0 bridgehead atoms. The van der Waals surface area contributed by atoms with Crippen molar-refractivity contribution in [3.05, 3.63) is 84.7 Å². The number of carbonyl (C=O) groups excluding carboxylic acids is 4. The minimum atomic E-state index is -0.734. The zero-order valence-corrected chi connectivity index (χ0v) is 33.6. The fraction of sp³-hybridized carbons (Fsp3) is 0.381. The van der Waals surface area contributed by atoms with E-state index in [2.05, 4.69) is 73.0 Å². The summed E-state index contributed by atoms with van der Waals surface area (Å²) in [4.78, 5) is 69.3. The van der Waals surface area contributed by atoms with E-state index in [-0.39, 0.29) is 41.4 Å². The Labute approximate surface area is 333 Å². The Morgan fingerprint density at radius 2 is 0.964 bits per heavy atom. The number of nitrogens with one attached hydrogen (secondary N) is 4. The van der Waals surface area contributed by atoms with Gasteiger partial charge in [-0.3, -0.25) is 9.59 Å². The van der Waals surface area contributed by atoms with Crippen molar-refractivity contribution in [3.63, 3.8) is 0 Å². The Bertz CT molecular complexity index is 2200. The number of hydrogen-bond acceptors (Lipinski definition) is 8. The minimum Gasteiger partial charge on any atom is -0.453 e. The van der Waals surface area contributed by atoms with Crippen LogP contribution in [0.3, 0.4) is 0 Å². The number of alkyl carbamates (subject to hydrolysis) is 2. The predicted molar refractivity (Wildman–Crippen MR) is 224 cm³/mol. The first-order valence-electron chi connectivity index (χ1n) is 18.6. The van der Waals surface area contributed by atoms with E-state index >= 15 is 0 Å². The Hall–Kier alpha value is -6.18. The number of carbonyl (C=O) groups is 4. The van der Waals surface area contributed by atoms with Crippen LogP contribution in [0.1, 0.15) is 71.0 Å². The summed E-state index contributed by atoms with van der Waals surface area (Å²) in [6.45, 7) is 11.2. The number of ether oxygens (including phenoxy) is 2. The number of nitrogens with zero attached hydrogens (tertiary/aromatic N) is 4. The Morgan fingerprint density at radius 1 is 0.589 bits per heavy atom. The number of H-pyrrole nitrogens is 2. The molecule has 2 aromatic heterocycles. The smallest absolute Gasteiger partial charge is 0.407 e. The van der Waals surface area contributed by atoms with E-state index in [1.165, 1.54) is 14.2 Å². The van der Waals surface area contributed by atoms with E-state index in [1.54, 1.807) is 36.3 Å². The van der Waals surface area contributed by atoms with Crippen molar-refractivity contribution >= 4 is 34.8 Å². The summed E-state index contributed by atoms with van der Waals surface area (Å²) < 4.78 is 9.42. The number of aromatic amines is 2.